The molecule has 2 heterocycles. The third-order valence-corrected chi connectivity index (χ3v) is 2.95. The van der Waals surface area contributed by atoms with Crippen LogP contribution in [0.15, 0.2) is 0 Å². The number of aliphatic carboxylic acids is 1. The van der Waals surface area contributed by atoms with Gasteiger partial charge < -0.3 is 15.5 Å². The smallest absolute Gasteiger partial charge is 0.365 e. The molecule has 0 spiro atoms. The van der Waals surface area contributed by atoms with Crippen LogP contribution in [0.25, 0.3) is 0 Å². The molecule has 0 unspecified atom stereocenters. The summed E-state index contributed by atoms with van der Waals surface area (Å²) in [7, 11) is 0. The molecule has 0 aromatic carbocycles. The Kier molecular flexibility index (Phi) is 1.25. The van der Waals surface area contributed by atoms with Gasteiger partial charge in [0.25, 0.3) is 0 Å². The molecule has 0 saturated carbocycles. The van der Waals surface area contributed by atoms with E-state index in [-0.39, 0.29) is 6.04 Å². The van der Waals surface area contributed by atoms with Crippen molar-refractivity contribution in [2.24, 2.45) is 0 Å². The van der Waals surface area contributed by atoms with Gasteiger partial charge >= 0.3 is 5.97 Å². The summed E-state index contributed by atoms with van der Waals surface area (Å²) >= 11 is 0. The Labute approximate surface area is 64.2 Å². The summed E-state index contributed by atoms with van der Waals surface area (Å²) in [5.41, 5.74) is -0.677. The van der Waals surface area contributed by atoms with Gasteiger partial charge in [-0.15, -0.1) is 0 Å². The van der Waals surface area contributed by atoms with Gasteiger partial charge in [0.05, 0.1) is 0 Å². The molecule has 2 aliphatic heterocycles. The van der Waals surface area contributed by atoms with Crippen LogP contribution >= 0.6 is 0 Å². The van der Waals surface area contributed by atoms with E-state index in [4.69, 9.17) is 5.11 Å². The first-order valence-corrected chi connectivity index (χ1v) is 3.91. The summed E-state index contributed by atoms with van der Waals surface area (Å²) < 4.78 is 0. The van der Waals surface area contributed by atoms with Crippen LogP contribution < -0.4 is 5.32 Å². The molecule has 2 rings (SSSR count). The SMILES string of the molecule is O=C(O)[C@@]12CC[C@@H]([NH2+]1)[C@@H](O)C2. The van der Waals surface area contributed by atoms with E-state index in [9.17, 15) is 9.90 Å². The molecule has 0 aliphatic carbocycles. The number of carbonyl (C=O) groups is 1. The molecule has 0 radical (unpaired) electrons. The normalized spacial score (nSPS) is 48.1. The number of nitrogens with two attached hydrogens (primary N) is 1. The standard InChI is InChI=1S/C7H11NO3/c9-5-3-7(6(10)11)2-1-4(5)8-7/h4-5,8-9H,1-3H2,(H,10,11)/p+1/t4-,5+,7+/m1/s1. The first kappa shape index (κ1) is 7.06. The van der Waals surface area contributed by atoms with E-state index in [1.54, 1.807) is 0 Å². The van der Waals surface area contributed by atoms with Gasteiger partial charge in [-0.1, -0.05) is 0 Å². The molecule has 3 atom stereocenters. The third-order valence-electron chi connectivity index (χ3n) is 2.95. The lowest BCUT2D eigenvalue weighted by molar-refractivity contribution is -0.706. The van der Waals surface area contributed by atoms with E-state index < -0.39 is 17.6 Å². The maximum absolute atomic E-state index is 10.8. The summed E-state index contributed by atoms with van der Waals surface area (Å²) in [6, 6.07) is 0.145. The molecule has 2 fully saturated rings. The molecule has 4 N–H and O–H groups in total. The minimum absolute atomic E-state index is 0.145. The highest BCUT2D eigenvalue weighted by Crippen LogP contribution is 2.31. The van der Waals surface area contributed by atoms with Gasteiger partial charge in [0.1, 0.15) is 12.1 Å². The monoisotopic (exact) mass is 158 g/mol. The second-order valence-corrected chi connectivity index (χ2v) is 3.60. The highest BCUT2D eigenvalue weighted by Gasteiger charge is 2.59. The Morgan fingerprint density at radius 3 is 2.64 bits per heavy atom. The van der Waals surface area contributed by atoms with Gasteiger partial charge in [-0.25, -0.2) is 4.79 Å². The summed E-state index contributed by atoms with van der Waals surface area (Å²) in [6.07, 6.45) is 1.57. The predicted octanol–water partition coefficient (Wildman–Crippen LogP) is -1.70. The van der Waals surface area contributed by atoms with Gasteiger partial charge in [0.15, 0.2) is 5.54 Å². The van der Waals surface area contributed by atoms with Crippen molar-refractivity contribution in [2.75, 3.05) is 0 Å². The number of quaternary nitrogens is 1. The van der Waals surface area contributed by atoms with Crippen LogP contribution in [0.1, 0.15) is 19.3 Å². The number of rotatable bonds is 1. The third kappa shape index (κ3) is 0.795. The number of carboxylic acid groups (broad SMARTS) is 1. The van der Waals surface area contributed by atoms with Gasteiger partial charge in [-0.3, -0.25) is 0 Å². The van der Waals surface area contributed by atoms with Crippen LogP contribution in [0.5, 0.6) is 0 Å². The molecule has 11 heavy (non-hydrogen) atoms. The lowest BCUT2D eigenvalue weighted by Crippen LogP contribution is -2.96. The summed E-state index contributed by atoms with van der Waals surface area (Å²) in [6.45, 7) is 0. The quantitative estimate of drug-likeness (QED) is 0.426. The number of aliphatic hydroxyl groups is 1. The van der Waals surface area contributed by atoms with Crippen LogP contribution in [0.4, 0.5) is 0 Å². The highest BCUT2D eigenvalue weighted by molar-refractivity contribution is 5.77. The Balaban J connectivity index is 2.23. The maximum atomic E-state index is 10.8. The lowest BCUT2D eigenvalue weighted by Gasteiger charge is -2.16. The van der Waals surface area contributed by atoms with E-state index in [1.807, 2.05) is 5.32 Å². The van der Waals surface area contributed by atoms with E-state index in [2.05, 4.69) is 0 Å². The number of hydrogen-bond acceptors (Lipinski definition) is 2. The average molecular weight is 158 g/mol. The predicted molar refractivity (Wildman–Crippen MR) is 35.9 cm³/mol. The van der Waals surface area contributed by atoms with Gasteiger partial charge in [-0.05, 0) is 0 Å². The Morgan fingerprint density at radius 2 is 2.36 bits per heavy atom. The largest absolute Gasteiger partial charge is 0.477 e. The molecule has 62 valence electrons. The maximum Gasteiger partial charge on any atom is 0.365 e. The zero-order chi connectivity index (χ0) is 8.06. The molecule has 2 saturated heterocycles. The van der Waals surface area contributed by atoms with Crippen molar-refractivity contribution in [1.82, 2.24) is 0 Å². The summed E-state index contributed by atoms with van der Waals surface area (Å²) in [5.74, 6) is -0.767. The second-order valence-electron chi connectivity index (χ2n) is 3.60. The molecule has 0 aromatic heterocycles. The van der Waals surface area contributed by atoms with Crippen LogP contribution in [-0.4, -0.2) is 33.9 Å². The van der Waals surface area contributed by atoms with E-state index in [0.717, 1.165) is 6.42 Å². The highest BCUT2D eigenvalue weighted by atomic mass is 16.4. The van der Waals surface area contributed by atoms with Crippen molar-refractivity contribution in [3.05, 3.63) is 0 Å². The van der Waals surface area contributed by atoms with Crippen LogP contribution in [0, 0.1) is 0 Å². The fourth-order valence-corrected chi connectivity index (χ4v) is 2.26. The van der Waals surface area contributed by atoms with Crippen molar-refractivity contribution in [3.8, 4) is 0 Å². The Hall–Kier alpha value is -0.610. The molecule has 0 aromatic rings. The molecule has 0 amide bonds. The summed E-state index contributed by atoms with van der Waals surface area (Å²) in [4.78, 5) is 10.8. The molecule has 4 heteroatoms. The zero-order valence-electron chi connectivity index (χ0n) is 6.16. The second kappa shape index (κ2) is 1.95. The summed E-state index contributed by atoms with van der Waals surface area (Å²) in [5, 5.41) is 20.0. The molecular formula is C7H12NO3+. The van der Waals surface area contributed by atoms with Crippen molar-refractivity contribution in [3.63, 3.8) is 0 Å². The van der Waals surface area contributed by atoms with Crippen molar-refractivity contribution >= 4 is 5.97 Å². The number of carboxylic acids is 1. The van der Waals surface area contributed by atoms with Crippen LogP contribution in [-0.2, 0) is 4.79 Å². The van der Waals surface area contributed by atoms with Crippen molar-refractivity contribution < 1.29 is 20.3 Å². The molecular weight excluding hydrogens is 146 g/mol. The Morgan fingerprint density at radius 1 is 1.64 bits per heavy atom. The minimum atomic E-state index is -0.767. The van der Waals surface area contributed by atoms with E-state index in [0.29, 0.717) is 12.8 Å². The number of hydrogen-bond donors (Lipinski definition) is 3. The van der Waals surface area contributed by atoms with Crippen LogP contribution in [0.3, 0.4) is 0 Å². The first-order chi connectivity index (χ1) is 5.14. The zero-order valence-corrected chi connectivity index (χ0v) is 6.16. The van der Waals surface area contributed by atoms with Crippen molar-refractivity contribution in [2.45, 2.75) is 36.9 Å². The molecule has 4 nitrogen and oxygen atoms in total. The fourth-order valence-electron chi connectivity index (χ4n) is 2.26. The van der Waals surface area contributed by atoms with Crippen LogP contribution in [0.2, 0.25) is 0 Å². The number of fused-ring (bicyclic) bond motifs is 2. The average Bonchev–Trinajstić information content (AvgIpc) is 2.44. The topological polar surface area (TPSA) is 74.1 Å². The first-order valence-electron chi connectivity index (χ1n) is 3.91. The number of aliphatic hydroxyl groups excluding tert-OH is 1. The van der Waals surface area contributed by atoms with Gasteiger partial charge in [-0.2, -0.15) is 0 Å². The lowest BCUT2D eigenvalue weighted by atomic mass is 9.86. The molecule has 2 bridgehead atoms. The van der Waals surface area contributed by atoms with E-state index in [1.165, 1.54) is 0 Å². The minimum Gasteiger partial charge on any atom is -0.477 e. The van der Waals surface area contributed by atoms with Crippen molar-refractivity contribution in [1.29, 1.82) is 0 Å². The fraction of sp³-hybridized carbons (Fsp3) is 0.857. The van der Waals surface area contributed by atoms with Gasteiger partial charge in [0.2, 0.25) is 0 Å². The van der Waals surface area contributed by atoms with Gasteiger partial charge in [0, 0.05) is 19.3 Å². The van der Waals surface area contributed by atoms with E-state index >= 15 is 0 Å². The Bertz CT molecular complexity index is 202. The molecule has 2 aliphatic rings.